The average molecular weight is 541 g/mol. The summed E-state index contributed by atoms with van der Waals surface area (Å²) < 4.78 is 8.38. The van der Waals surface area contributed by atoms with E-state index in [9.17, 15) is 9.90 Å². The lowest BCUT2D eigenvalue weighted by molar-refractivity contribution is -0.186. The monoisotopic (exact) mass is 540 g/mol. The minimum atomic E-state index is -1.14. The van der Waals surface area contributed by atoms with Gasteiger partial charge in [0.1, 0.15) is 5.39 Å². The van der Waals surface area contributed by atoms with Gasteiger partial charge in [0.25, 0.3) is 5.56 Å². The van der Waals surface area contributed by atoms with E-state index >= 15 is 0 Å². The molecule has 0 amide bonds. The molecule has 2 atom stereocenters. The molecule has 11 heteroatoms. The molecule has 0 aliphatic carbocycles. The lowest BCUT2D eigenvalue weighted by Gasteiger charge is -2.40. The molecule has 1 aromatic carbocycles. The molecule has 2 bridgehead atoms. The molecule has 206 valence electrons. The zero-order valence-corrected chi connectivity index (χ0v) is 22.4. The third kappa shape index (κ3) is 4.09. The number of fused-ring (bicyclic) bond motifs is 3. The topological polar surface area (TPSA) is 114 Å². The number of benzene rings is 1. The summed E-state index contributed by atoms with van der Waals surface area (Å²) in [5.74, 6) is 0.825. The van der Waals surface area contributed by atoms with Gasteiger partial charge in [0.05, 0.1) is 25.5 Å². The number of hydrogen-bond acceptors (Lipinski definition) is 9. The number of likely N-dealkylation sites (N-methyl/N-ethyl adjacent to an activating group) is 1. The van der Waals surface area contributed by atoms with E-state index in [1.807, 2.05) is 12.1 Å². The molecular weight excluding hydrogens is 508 g/mol. The summed E-state index contributed by atoms with van der Waals surface area (Å²) >= 11 is 0. The highest BCUT2D eigenvalue weighted by Crippen LogP contribution is 2.32. The molecule has 3 aliphatic heterocycles. The summed E-state index contributed by atoms with van der Waals surface area (Å²) in [5, 5.41) is 14.4. The smallest absolute Gasteiger partial charge is 0.278 e. The van der Waals surface area contributed by atoms with Crippen LogP contribution in [0.1, 0.15) is 18.5 Å². The Morgan fingerprint density at radius 3 is 2.55 bits per heavy atom. The fourth-order valence-corrected chi connectivity index (χ4v) is 6.06. The fourth-order valence-electron chi connectivity index (χ4n) is 6.06. The second-order valence-corrected chi connectivity index (χ2v) is 11.0. The van der Waals surface area contributed by atoms with Crippen molar-refractivity contribution in [3.8, 4) is 5.82 Å². The zero-order chi connectivity index (χ0) is 27.4. The number of rotatable bonds is 7. The number of allylic oxidation sites excluding steroid dienone is 1. The van der Waals surface area contributed by atoms with E-state index in [1.165, 1.54) is 29.4 Å². The quantitative estimate of drug-likeness (QED) is 0.341. The van der Waals surface area contributed by atoms with Crippen LogP contribution in [-0.2, 0) is 16.9 Å². The van der Waals surface area contributed by atoms with Gasteiger partial charge in [-0.2, -0.15) is 4.98 Å². The molecule has 2 N–H and O–H groups in total. The van der Waals surface area contributed by atoms with Crippen LogP contribution in [0.2, 0.25) is 0 Å². The van der Waals surface area contributed by atoms with Crippen LogP contribution in [0.4, 0.5) is 17.3 Å². The SMILES string of the molecule is C=CCn1c(=O)c2cnc(Nc3ccc(N4CC5CCC(C4)N5C)cc3)nc2n1-c1cccc(C2(O)COC2)n1. The molecule has 11 nitrogen and oxygen atoms in total. The average Bonchev–Trinajstić information content (AvgIpc) is 3.31. The van der Waals surface area contributed by atoms with E-state index in [0.29, 0.717) is 40.6 Å². The number of aromatic nitrogens is 5. The van der Waals surface area contributed by atoms with Crippen molar-refractivity contribution in [3.05, 3.63) is 77.4 Å². The van der Waals surface area contributed by atoms with Crippen LogP contribution in [0.15, 0.2) is 66.1 Å². The van der Waals surface area contributed by atoms with Gasteiger partial charge in [-0.15, -0.1) is 6.58 Å². The van der Waals surface area contributed by atoms with E-state index in [4.69, 9.17) is 9.72 Å². The lowest BCUT2D eigenvalue weighted by Crippen LogP contribution is -2.51. The third-order valence-electron chi connectivity index (χ3n) is 8.42. The van der Waals surface area contributed by atoms with Crippen LogP contribution in [-0.4, -0.2) is 79.8 Å². The predicted molar refractivity (Wildman–Crippen MR) is 152 cm³/mol. The number of ether oxygens (including phenoxy) is 1. The summed E-state index contributed by atoms with van der Waals surface area (Å²) in [6.07, 6.45) is 5.72. The van der Waals surface area contributed by atoms with E-state index < -0.39 is 5.60 Å². The molecule has 0 saturated carbocycles. The molecule has 3 fully saturated rings. The van der Waals surface area contributed by atoms with Gasteiger partial charge in [-0.3, -0.25) is 9.69 Å². The normalized spacial score (nSPS) is 21.9. The molecule has 2 unspecified atom stereocenters. The summed E-state index contributed by atoms with van der Waals surface area (Å²) in [6, 6.07) is 14.9. The maximum atomic E-state index is 13.3. The number of piperazine rings is 1. The number of aliphatic hydroxyl groups is 1. The molecule has 6 heterocycles. The van der Waals surface area contributed by atoms with Crippen LogP contribution in [0, 0.1) is 0 Å². The number of nitrogens with zero attached hydrogens (tertiary/aromatic N) is 7. The van der Waals surface area contributed by atoms with Crippen molar-refractivity contribution in [2.75, 3.05) is 43.6 Å². The van der Waals surface area contributed by atoms with Gasteiger partial charge in [0.2, 0.25) is 5.95 Å². The summed E-state index contributed by atoms with van der Waals surface area (Å²) in [5.41, 5.74) is 1.58. The molecule has 3 aromatic heterocycles. The predicted octanol–water partition coefficient (Wildman–Crippen LogP) is 2.41. The van der Waals surface area contributed by atoms with Crippen molar-refractivity contribution in [1.82, 2.24) is 29.2 Å². The third-order valence-corrected chi connectivity index (χ3v) is 8.42. The van der Waals surface area contributed by atoms with Gasteiger partial charge in [-0.05, 0) is 56.3 Å². The fraction of sp³-hybridized carbons (Fsp3) is 0.379. The van der Waals surface area contributed by atoms with Crippen molar-refractivity contribution in [2.24, 2.45) is 0 Å². The first-order valence-electron chi connectivity index (χ1n) is 13.6. The number of nitrogens with one attached hydrogen (secondary N) is 1. The Morgan fingerprint density at radius 2 is 1.88 bits per heavy atom. The van der Waals surface area contributed by atoms with Gasteiger partial charge in [0.15, 0.2) is 17.1 Å². The Balaban J connectivity index is 1.20. The lowest BCUT2D eigenvalue weighted by atomic mass is 9.97. The van der Waals surface area contributed by atoms with Gasteiger partial charge in [-0.1, -0.05) is 12.1 Å². The van der Waals surface area contributed by atoms with Crippen molar-refractivity contribution in [1.29, 1.82) is 0 Å². The Morgan fingerprint density at radius 1 is 1.12 bits per heavy atom. The van der Waals surface area contributed by atoms with Crippen LogP contribution in [0.3, 0.4) is 0 Å². The largest absolute Gasteiger partial charge is 0.379 e. The summed E-state index contributed by atoms with van der Waals surface area (Å²) in [4.78, 5) is 32.1. The molecule has 7 rings (SSSR count). The Labute approximate surface area is 231 Å². The van der Waals surface area contributed by atoms with Crippen LogP contribution in [0.5, 0.6) is 0 Å². The highest BCUT2D eigenvalue weighted by Gasteiger charge is 2.40. The standard InChI is InChI=1S/C29H32N8O3/c1-3-13-36-27(38)23-14-30-28(33-26(23)37(36)25-6-4-5-24(32-25)29(39)17-40-18-29)31-19-7-9-20(10-8-19)35-15-21-11-12-22(16-35)34(21)2/h3-10,14,21-22,39H,1,11-13,15-18H2,2H3,(H,30,31,33). The van der Waals surface area contributed by atoms with Crippen molar-refractivity contribution >= 4 is 28.4 Å². The second kappa shape index (κ2) is 9.54. The van der Waals surface area contributed by atoms with E-state index in [2.05, 4.69) is 50.8 Å². The van der Waals surface area contributed by atoms with E-state index in [-0.39, 0.29) is 25.3 Å². The van der Waals surface area contributed by atoms with Crippen molar-refractivity contribution < 1.29 is 9.84 Å². The first kappa shape index (κ1) is 24.9. The van der Waals surface area contributed by atoms with Crippen molar-refractivity contribution in [3.63, 3.8) is 0 Å². The Hall–Kier alpha value is -4.06. The molecule has 3 saturated heterocycles. The molecule has 40 heavy (non-hydrogen) atoms. The Kier molecular flexibility index (Phi) is 5.95. The molecular formula is C29H32N8O3. The van der Waals surface area contributed by atoms with Gasteiger partial charge >= 0.3 is 0 Å². The number of pyridine rings is 1. The molecule has 0 radical (unpaired) electrons. The van der Waals surface area contributed by atoms with Crippen molar-refractivity contribution in [2.45, 2.75) is 37.1 Å². The highest BCUT2D eigenvalue weighted by molar-refractivity contribution is 5.77. The maximum Gasteiger partial charge on any atom is 0.278 e. The number of anilines is 3. The van der Waals surface area contributed by atoms with Gasteiger partial charge in [-0.25, -0.2) is 19.3 Å². The first-order chi connectivity index (χ1) is 19.4. The summed E-state index contributed by atoms with van der Waals surface area (Å²) in [6.45, 7) is 6.53. The highest BCUT2D eigenvalue weighted by atomic mass is 16.5. The van der Waals surface area contributed by atoms with Crippen LogP contribution >= 0.6 is 0 Å². The molecule has 0 spiro atoms. The van der Waals surface area contributed by atoms with Gasteiger partial charge in [0, 0.05) is 42.7 Å². The second-order valence-electron chi connectivity index (χ2n) is 11.0. The van der Waals surface area contributed by atoms with Crippen LogP contribution in [0.25, 0.3) is 16.9 Å². The first-order valence-corrected chi connectivity index (χ1v) is 13.6. The minimum Gasteiger partial charge on any atom is -0.379 e. The van der Waals surface area contributed by atoms with E-state index in [0.717, 1.165) is 18.8 Å². The molecule has 3 aliphatic rings. The van der Waals surface area contributed by atoms with Gasteiger partial charge < -0.3 is 20.1 Å². The maximum absolute atomic E-state index is 13.3. The molecule has 4 aromatic rings. The van der Waals surface area contributed by atoms with Crippen LogP contribution < -0.4 is 15.8 Å². The minimum absolute atomic E-state index is 0.181. The zero-order valence-electron chi connectivity index (χ0n) is 22.4. The Bertz CT molecular complexity index is 1630. The number of hydrogen-bond donors (Lipinski definition) is 2. The van der Waals surface area contributed by atoms with E-state index in [1.54, 1.807) is 29.0 Å². The summed E-state index contributed by atoms with van der Waals surface area (Å²) in [7, 11) is 2.24.